The Labute approximate surface area is 175 Å². The molecule has 3 amide bonds. The normalized spacial score (nSPS) is 14.6. The van der Waals surface area contributed by atoms with Gasteiger partial charge < -0.3 is 25.2 Å². The Morgan fingerprint density at radius 3 is 2.37 bits per heavy atom. The number of carboxylic acid groups (broad SMARTS) is 1. The van der Waals surface area contributed by atoms with Gasteiger partial charge in [-0.1, -0.05) is 51.1 Å². The Balaban J connectivity index is 2.03. The van der Waals surface area contributed by atoms with Crippen LogP contribution in [0.3, 0.4) is 0 Å². The third-order valence-corrected chi connectivity index (χ3v) is 5.17. The molecule has 3 rings (SSSR count). The van der Waals surface area contributed by atoms with Crippen LogP contribution in [0.4, 0.5) is 4.79 Å². The summed E-state index contributed by atoms with van der Waals surface area (Å²) in [5, 5.41) is 14.8. The average molecular weight is 413 g/mol. The van der Waals surface area contributed by atoms with Crippen molar-refractivity contribution >= 4 is 17.9 Å². The summed E-state index contributed by atoms with van der Waals surface area (Å²) in [6.07, 6.45) is -1.05. The van der Waals surface area contributed by atoms with Crippen LogP contribution in [-0.2, 0) is 17.9 Å². The minimum absolute atomic E-state index is 0.0536. The Hall–Kier alpha value is -3.36. The molecule has 1 aliphatic rings. The van der Waals surface area contributed by atoms with Gasteiger partial charge >= 0.3 is 6.09 Å². The first-order valence-electron chi connectivity index (χ1n) is 9.78. The number of carbonyl (C=O) groups is 3. The number of amides is 3. The van der Waals surface area contributed by atoms with Crippen LogP contribution in [0, 0.1) is 5.41 Å². The molecule has 0 spiro atoms. The first-order valence-corrected chi connectivity index (χ1v) is 9.78. The Bertz CT molecular complexity index is 962. The lowest BCUT2D eigenvalue weighted by atomic mass is 9.86. The van der Waals surface area contributed by atoms with Crippen LogP contribution in [0.15, 0.2) is 30.3 Å². The lowest BCUT2D eigenvalue weighted by Crippen LogP contribution is -2.53. The van der Waals surface area contributed by atoms with E-state index in [-0.39, 0.29) is 18.1 Å². The zero-order valence-corrected chi connectivity index (χ0v) is 17.6. The number of hydrogen-bond acceptors (Lipinski definition) is 4. The summed E-state index contributed by atoms with van der Waals surface area (Å²) in [6.45, 7) is 6.33. The van der Waals surface area contributed by atoms with E-state index in [0.29, 0.717) is 24.6 Å². The zero-order chi connectivity index (χ0) is 22.1. The number of hydrogen-bond donors (Lipinski definition) is 3. The highest BCUT2D eigenvalue weighted by Crippen LogP contribution is 2.27. The van der Waals surface area contributed by atoms with Gasteiger partial charge in [0.1, 0.15) is 11.9 Å². The minimum atomic E-state index is -1.05. The fourth-order valence-corrected chi connectivity index (χ4v) is 3.54. The van der Waals surface area contributed by atoms with E-state index in [1.807, 2.05) is 55.7 Å². The van der Waals surface area contributed by atoms with Gasteiger partial charge in [-0.25, -0.2) is 9.78 Å². The predicted molar refractivity (Wildman–Crippen MR) is 111 cm³/mol. The molecular weight excluding hydrogens is 386 g/mol. The first-order chi connectivity index (χ1) is 14.1. The van der Waals surface area contributed by atoms with E-state index in [4.69, 9.17) is 0 Å². The molecule has 2 heterocycles. The number of nitrogens with one attached hydrogen (secondary N) is 2. The number of nitrogens with zero attached hydrogens (tertiary/aromatic N) is 3. The van der Waals surface area contributed by atoms with Crippen molar-refractivity contribution in [1.29, 1.82) is 0 Å². The Kier molecular flexibility index (Phi) is 5.82. The zero-order valence-electron chi connectivity index (χ0n) is 17.6. The standard InChI is InChI=1S/C21H27N5O4/c1-21(2,3)16(19(28)22-4)24-18(27)15-14-12-25(20(29)30)10-11-26(14)17(23-15)13-8-6-5-7-9-13/h5-9,16H,10-12H2,1-4H3,(H,22,28)(H,24,27)(H,29,30). The summed E-state index contributed by atoms with van der Waals surface area (Å²) in [6, 6.07) is 8.66. The molecule has 0 radical (unpaired) electrons. The number of imidazole rings is 1. The number of fused-ring (bicyclic) bond motifs is 1. The number of benzene rings is 1. The van der Waals surface area contributed by atoms with E-state index >= 15 is 0 Å². The highest BCUT2D eigenvalue weighted by molar-refractivity contribution is 5.98. The molecule has 1 aromatic heterocycles. The van der Waals surface area contributed by atoms with Crippen molar-refractivity contribution in [1.82, 2.24) is 25.1 Å². The average Bonchev–Trinajstić information content (AvgIpc) is 3.10. The van der Waals surface area contributed by atoms with Crippen molar-refractivity contribution in [3.05, 3.63) is 41.7 Å². The Morgan fingerprint density at radius 1 is 1.13 bits per heavy atom. The van der Waals surface area contributed by atoms with E-state index < -0.39 is 23.5 Å². The molecule has 1 aromatic carbocycles. The second-order valence-corrected chi connectivity index (χ2v) is 8.34. The fourth-order valence-electron chi connectivity index (χ4n) is 3.54. The summed E-state index contributed by atoms with van der Waals surface area (Å²) >= 11 is 0. The number of rotatable bonds is 4. The largest absolute Gasteiger partial charge is 0.465 e. The first kappa shape index (κ1) is 21.4. The molecule has 2 aromatic rings. The van der Waals surface area contributed by atoms with E-state index in [1.165, 1.54) is 11.9 Å². The molecule has 160 valence electrons. The van der Waals surface area contributed by atoms with Crippen LogP contribution in [0.1, 0.15) is 37.0 Å². The molecule has 1 unspecified atom stereocenters. The van der Waals surface area contributed by atoms with Gasteiger partial charge in [0.2, 0.25) is 5.91 Å². The van der Waals surface area contributed by atoms with Gasteiger partial charge in [-0.2, -0.15) is 0 Å². The van der Waals surface area contributed by atoms with Crippen molar-refractivity contribution in [2.24, 2.45) is 5.41 Å². The molecule has 0 bridgehead atoms. The van der Waals surface area contributed by atoms with Crippen LogP contribution < -0.4 is 10.6 Å². The lowest BCUT2D eigenvalue weighted by molar-refractivity contribution is -0.124. The van der Waals surface area contributed by atoms with Gasteiger partial charge in [0.15, 0.2) is 5.69 Å². The molecule has 30 heavy (non-hydrogen) atoms. The highest BCUT2D eigenvalue weighted by Gasteiger charge is 2.35. The quantitative estimate of drug-likeness (QED) is 0.708. The van der Waals surface area contributed by atoms with E-state index in [2.05, 4.69) is 15.6 Å². The molecule has 1 atom stereocenters. The molecule has 0 aliphatic carbocycles. The third kappa shape index (κ3) is 4.14. The summed E-state index contributed by atoms with van der Waals surface area (Å²) in [4.78, 5) is 42.9. The van der Waals surface area contributed by atoms with Gasteiger partial charge in [-0.15, -0.1) is 0 Å². The number of aromatic nitrogens is 2. The smallest absolute Gasteiger partial charge is 0.407 e. The van der Waals surface area contributed by atoms with E-state index in [1.54, 1.807) is 0 Å². The number of likely N-dealkylation sites (N-methyl/N-ethyl adjacent to an activating group) is 1. The van der Waals surface area contributed by atoms with Crippen molar-refractivity contribution in [2.45, 2.75) is 39.9 Å². The summed E-state index contributed by atoms with van der Waals surface area (Å²) in [5.74, 6) is -0.205. The topological polar surface area (TPSA) is 117 Å². The molecule has 0 fully saturated rings. The minimum Gasteiger partial charge on any atom is -0.465 e. The van der Waals surface area contributed by atoms with Crippen LogP contribution in [0.2, 0.25) is 0 Å². The molecule has 9 nitrogen and oxygen atoms in total. The van der Waals surface area contributed by atoms with Gasteiger partial charge in [-0.05, 0) is 5.41 Å². The van der Waals surface area contributed by atoms with E-state index in [0.717, 1.165) is 5.56 Å². The highest BCUT2D eigenvalue weighted by atomic mass is 16.4. The number of carbonyl (C=O) groups excluding carboxylic acids is 2. The molecule has 0 saturated heterocycles. The van der Waals surface area contributed by atoms with Crippen molar-refractivity contribution in [3.63, 3.8) is 0 Å². The van der Waals surface area contributed by atoms with E-state index in [9.17, 15) is 19.5 Å². The van der Waals surface area contributed by atoms with Crippen LogP contribution >= 0.6 is 0 Å². The molecule has 3 N–H and O–H groups in total. The summed E-state index contributed by atoms with van der Waals surface area (Å²) < 4.78 is 1.88. The van der Waals surface area contributed by atoms with Crippen molar-refractivity contribution < 1.29 is 19.5 Å². The maximum Gasteiger partial charge on any atom is 0.407 e. The Morgan fingerprint density at radius 2 is 1.80 bits per heavy atom. The lowest BCUT2D eigenvalue weighted by Gasteiger charge is -2.30. The maximum atomic E-state index is 13.2. The van der Waals surface area contributed by atoms with Crippen LogP contribution in [-0.4, -0.2) is 57.1 Å². The van der Waals surface area contributed by atoms with Gasteiger partial charge in [0.05, 0.1) is 12.2 Å². The fraction of sp³-hybridized carbons (Fsp3) is 0.429. The summed E-state index contributed by atoms with van der Waals surface area (Å²) in [5.41, 5.74) is 0.966. The second-order valence-electron chi connectivity index (χ2n) is 8.34. The molecular formula is C21H27N5O4. The molecule has 0 saturated carbocycles. The van der Waals surface area contributed by atoms with Gasteiger partial charge in [-0.3, -0.25) is 9.59 Å². The van der Waals surface area contributed by atoms with Crippen LogP contribution in [0.5, 0.6) is 0 Å². The van der Waals surface area contributed by atoms with Crippen molar-refractivity contribution in [2.75, 3.05) is 13.6 Å². The third-order valence-electron chi connectivity index (χ3n) is 5.17. The van der Waals surface area contributed by atoms with Gasteiger partial charge in [0.25, 0.3) is 5.91 Å². The predicted octanol–water partition coefficient (Wildman–Crippen LogP) is 1.93. The second kappa shape index (κ2) is 8.17. The molecule has 1 aliphatic heterocycles. The van der Waals surface area contributed by atoms with Crippen molar-refractivity contribution in [3.8, 4) is 11.4 Å². The summed E-state index contributed by atoms with van der Waals surface area (Å²) in [7, 11) is 1.52. The maximum absolute atomic E-state index is 13.2. The molecule has 9 heteroatoms. The van der Waals surface area contributed by atoms with Crippen LogP contribution in [0.25, 0.3) is 11.4 Å². The SMILES string of the molecule is CNC(=O)C(NC(=O)c1nc(-c2ccccc2)n2c1CN(C(=O)O)CC2)C(C)(C)C. The van der Waals surface area contributed by atoms with Gasteiger partial charge in [0, 0.05) is 25.7 Å². The monoisotopic (exact) mass is 413 g/mol.